The molecule has 182 valence electrons. The second kappa shape index (κ2) is 10.0. The standard InChI is InChI=1S/C20H24N6O8/c1-9-4-11-12(5-10(9)2)26(20(33)17(21-11)19-22-23-24-25(19)3)7-13(27)18(32)14(28)8-34-16(31)6-15(29)30/h4-5,13-14,18,27-28,32H,6-8H2,1-3H3,(H,29,30)/t13-,14+,18-/m0/s1. The summed E-state index contributed by atoms with van der Waals surface area (Å²) in [6.07, 6.45) is -6.13. The fourth-order valence-corrected chi connectivity index (χ4v) is 3.26. The zero-order valence-corrected chi connectivity index (χ0v) is 18.6. The summed E-state index contributed by atoms with van der Waals surface area (Å²) >= 11 is 0. The van der Waals surface area contributed by atoms with Gasteiger partial charge in [-0.1, -0.05) is 0 Å². The Labute approximate surface area is 192 Å². The zero-order valence-electron chi connectivity index (χ0n) is 18.6. The number of aliphatic hydroxyl groups is 3. The summed E-state index contributed by atoms with van der Waals surface area (Å²) in [4.78, 5) is 39.5. The van der Waals surface area contributed by atoms with Gasteiger partial charge in [0.25, 0.3) is 5.56 Å². The van der Waals surface area contributed by atoms with E-state index in [2.05, 4.69) is 25.2 Å². The van der Waals surface area contributed by atoms with E-state index in [-0.39, 0.29) is 11.5 Å². The minimum absolute atomic E-state index is 0.0758. The second-order valence-electron chi connectivity index (χ2n) is 7.81. The number of benzene rings is 1. The lowest BCUT2D eigenvalue weighted by Crippen LogP contribution is -2.44. The van der Waals surface area contributed by atoms with Crippen LogP contribution in [0.1, 0.15) is 17.5 Å². The molecule has 0 bridgehead atoms. The molecular weight excluding hydrogens is 452 g/mol. The van der Waals surface area contributed by atoms with Crippen LogP contribution in [0, 0.1) is 13.8 Å². The van der Waals surface area contributed by atoms with Crippen LogP contribution < -0.4 is 5.56 Å². The Morgan fingerprint density at radius 1 is 1.12 bits per heavy atom. The zero-order chi connectivity index (χ0) is 25.2. The third-order valence-corrected chi connectivity index (χ3v) is 5.26. The van der Waals surface area contributed by atoms with Gasteiger partial charge in [0.1, 0.15) is 31.3 Å². The molecule has 0 aliphatic heterocycles. The number of aryl methyl sites for hydroxylation is 3. The van der Waals surface area contributed by atoms with Gasteiger partial charge in [-0.05, 0) is 47.5 Å². The van der Waals surface area contributed by atoms with Gasteiger partial charge in [-0.3, -0.25) is 14.4 Å². The summed E-state index contributed by atoms with van der Waals surface area (Å²) < 4.78 is 7.05. The lowest BCUT2D eigenvalue weighted by atomic mass is 10.1. The van der Waals surface area contributed by atoms with Crippen LogP contribution in [0.25, 0.3) is 22.6 Å². The third-order valence-electron chi connectivity index (χ3n) is 5.26. The van der Waals surface area contributed by atoms with Crippen LogP contribution in [-0.4, -0.2) is 87.0 Å². The topological polar surface area (TPSA) is 203 Å². The van der Waals surface area contributed by atoms with Crippen LogP contribution in [0.5, 0.6) is 0 Å². The van der Waals surface area contributed by atoms with Gasteiger partial charge < -0.3 is 29.7 Å². The summed E-state index contributed by atoms with van der Waals surface area (Å²) in [7, 11) is 1.53. The number of carbonyl (C=O) groups excluding carboxylic acids is 1. The number of esters is 1. The van der Waals surface area contributed by atoms with Crippen molar-refractivity contribution in [1.82, 2.24) is 29.8 Å². The molecule has 0 aliphatic rings. The number of fused-ring (bicyclic) bond motifs is 1. The van der Waals surface area contributed by atoms with E-state index in [1.165, 1.54) is 16.3 Å². The largest absolute Gasteiger partial charge is 0.481 e. The lowest BCUT2D eigenvalue weighted by molar-refractivity contribution is -0.157. The van der Waals surface area contributed by atoms with Crippen molar-refractivity contribution in [2.45, 2.75) is 45.1 Å². The molecule has 2 heterocycles. The number of aliphatic carboxylic acids is 1. The number of aromatic nitrogens is 6. The molecule has 1 aromatic carbocycles. The second-order valence-corrected chi connectivity index (χ2v) is 7.81. The molecule has 3 aromatic rings. The van der Waals surface area contributed by atoms with Gasteiger partial charge in [-0.2, -0.15) is 0 Å². The fourth-order valence-electron chi connectivity index (χ4n) is 3.26. The molecule has 3 atom stereocenters. The molecule has 0 saturated carbocycles. The average molecular weight is 476 g/mol. The Kier molecular flexibility index (Phi) is 7.34. The fraction of sp³-hybridized carbons (Fsp3) is 0.450. The first-order chi connectivity index (χ1) is 16.0. The van der Waals surface area contributed by atoms with Gasteiger partial charge >= 0.3 is 11.9 Å². The van der Waals surface area contributed by atoms with Crippen LogP contribution in [-0.2, 0) is 27.9 Å². The number of hydrogen-bond acceptors (Lipinski definition) is 11. The van der Waals surface area contributed by atoms with Gasteiger partial charge in [0.2, 0.25) is 5.82 Å². The number of ether oxygens (including phenoxy) is 1. The molecule has 0 fully saturated rings. The number of aliphatic hydroxyl groups excluding tert-OH is 3. The Hall–Kier alpha value is -3.75. The summed E-state index contributed by atoms with van der Waals surface area (Å²) in [5.74, 6) is -2.43. The highest BCUT2D eigenvalue weighted by Crippen LogP contribution is 2.20. The van der Waals surface area contributed by atoms with Crippen LogP contribution in [0.2, 0.25) is 0 Å². The van der Waals surface area contributed by atoms with E-state index in [0.29, 0.717) is 11.0 Å². The Bertz CT molecular complexity index is 1290. The number of tetrazole rings is 1. The van der Waals surface area contributed by atoms with Crippen molar-refractivity contribution in [2.24, 2.45) is 7.05 Å². The van der Waals surface area contributed by atoms with Crippen LogP contribution >= 0.6 is 0 Å². The van der Waals surface area contributed by atoms with E-state index in [9.17, 15) is 29.7 Å². The minimum Gasteiger partial charge on any atom is -0.481 e. The number of carboxylic acids is 1. The molecule has 34 heavy (non-hydrogen) atoms. The highest BCUT2D eigenvalue weighted by Gasteiger charge is 2.28. The number of carbonyl (C=O) groups is 2. The quantitative estimate of drug-likeness (QED) is 0.202. The molecule has 14 nitrogen and oxygen atoms in total. The van der Waals surface area contributed by atoms with E-state index in [4.69, 9.17) is 5.11 Å². The van der Waals surface area contributed by atoms with Crippen molar-refractivity contribution in [1.29, 1.82) is 0 Å². The Morgan fingerprint density at radius 3 is 2.41 bits per heavy atom. The number of rotatable bonds is 9. The van der Waals surface area contributed by atoms with Crippen molar-refractivity contribution >= 4 is 23.0 Å². The molecule has 0 unspecified atom stereocenters. The summed E-state index contributed by atoms with van der Waals surface area (Å²) in [5.41, 5.74) is 1.85. The van der Waals surface area contributed by atoms with Gasteiger partial charge in [0.15, 0.2) is 5.69 Å². The molecular formula is C20H24N6O8. The molecule has 0 saturated heterocycles. The van der Waals surface area contributed by atoms with Crippen LogP contribution in [0.15, 0.2) is 16.9 Å². The molecule has 4 N–H and O–H groups in total. The highest BCUT2D eigenvalue weighted by molar-refractivity contribution is 5.90. The maximum atomic E-state index is 13.3. The number of hydrogen-bond donors (Lipinski definition) is 4. The summed E-state index contributed by atoms with van der Waals surface area (Å²) in [5, 5.41) is 50.6. The Morgan fingerprint density at radius 2 is 1.79 bits per heavy atom. The number of carboxylic acid groups (broad SMARTS) is 1. The van der Waals surface area contributed by atoms with Gasteiger partial charge in [-0.25, -0.2) is 9.67 Å². The third kappa shape index (κ3) is 5.24. The first kappa shape index (κ1) is 24.9. The van der Waals surface area contributed by atoms with E-state index in [1.54, 1.807) is 12.1 Å². The van der Waals surface area contributed by atoms with E-state index in [1.807, 2.05) is 13.8 Å². The van der Waals surface area contributed by atoms with E-state index >= 15 is 0 Å². The highest BCUT2D eigenvalue weighted by atomic mass is 16.5. The maximum absolute atomic E-state index is 13.3. The molecule has 0 amide bonds. The predicted molar refractivity (Wildman–Crippen MR) is 115 cm³/mol. The van der Waals surface area contributed by atoms with Gasteiger partial charge in [-0.15, -0.1) is 5.10 Å². The van der Waals surface area contributed by atoms with Crippen molar-refractivity contribution in [2.75, 3.05) is 6.61 Å². The smallest absolute Gasteiger partial charge is 0.317 e. The van der Waals surface area contributed by atoms with Gasteiger partial charge in [0.05, 0.1) is 17.6 Å². The molecule has 2 aromatic heterocycles. The van der Waals surface area contributed by atoms with Crippen molar-refractivity contribution in [3.8, 4) is 11.5 Å². The number of nitrogens with zero attached hydrogens (tertiary/aromatic N) is 6. The van der Waals surface area contributed by atoms with Gasteiger partial charge in [0, 0.05) is 7.05 Å². The van der Waals surface area contributed by atoms with Crippen LogP contribution in [0.3, 0.4) is 0 Å². The summed E-state index contributed by atoms with van der Waals surface area (Å²) in [6, 6.07) is 3.47. The molecule has 3 rings (SSSR count). The normalized spacial score (nSPS) is 14.1. The first-order valence-corrected chi connectivity index (χ1v) is 10.2. The van der Waals surface area contributed by atoms with Crippen molar-refractivity contribution in [3.05, 3.63) is 33.6 Å². The lowest BCUT2D eigenvalue weighted by Gasteiger charge is -2.24. The SMILES string of the molecule is Cc1cc2nc(-c3nnnn3C)c(=O)n(C[C@H](O)[C@H](O)[C@H](O)COC(=O)CC(=O)O)c2cc1C. The Balaban J connectivity index is 1.93. The molecule has 0 spiro atoms. The average Bonchev–Trinajstić information content (AvgIpc) is 3.19. The summed E-state index contributed by atoms with van der Waals surface area (Å²) in [6.45, 7) is 2.52. The van der Waals surface area contributed by atoms with Crippen molar-refractivity contribution in [3.63, 3.8) is 0 Å². The van der Waals surface area contributed by atoms with Crippen molar-refractivity contribution < 1.29 is 34.8 Å². The maximum Gasteiger partial charge on any atom is 0.317 e. The predicted octanol–water partition coefficient (Wildman–Crippen LogP) is -1.70. The van der Waals surface area contributed by atoms with E-state index < -0.39 is 55.4 Å². The molecule has 0 radical (unpaired) electrons. The molecule has 0 aliphatic carbocycles. The molecule has 14 heteroatoms. The monoisotopic (exact) mass is 476 g/mol. The first-order valence-electron chi connectivity index (χ1n) is 10.2. The minimum atomic E-state index is -1.82. The van der Waals surface area contributed by atoms with E-state index in [0.717, 1.165) is 11.1 Å². The van der Waals surface area contributed by atoms with Crippen LogP contribution in [0.4, 0.5) is 0 Å².